The molecule has 29 heavy (non-hydrogen) atoms. The molecule has 7 nitrogen and oxygen atoms in total. The summed E-state index contributed by atoms with van der Waals surface area (Å²) in [6, 6.07) is 8.83. The van der Waals surface area contributed by atoms with Gasteiger partial charge in [0.05, 0.1) is 0 Å². The van der Waals surface area contributed by atoms with Gasteiger partial charge in [-0.15, -0.1) is 0 Å². The van der Waals surface area contributed by atoms with E-state index in [2.05, 4.69) is 22.3 Å². The van der Waals surface area contributed by atoms with E-state index < -0.39 is 11.9 Å². The molecule has 1 fully saturated rings. The Kier molecular flexibility index (Phi) is 6.69. The zero-order valence-corrected chi connectivity index (χ0v) is 17.6. The van der Waals surface area contributed by atoms with Gasteiger partial charge in [0.1, 0.15) is 6.04 Å². The number of carbonyl (C=O) groups is 2. The van der Waals surface area contributed by atoms with Crippen LogP contribution in [0.1, 0.15) is 36.8 Å². The number of nitrogens with zero attached hydrogens (tertiary/aromatic N) is 3. The third-order valence-corrected chi connectivity index (χ3v) is 5.43. The molecule has 0 bridgehead atoms. The first-order chi connectivity index (χ1) is 13.9. The topological polar surface area (TPSA) is 78.7 Å². The number of aryl methyl sites for hydroxylation is 1. The molecule has 1 N–H and O–H groups in total. The second kappa shape index (κ2) is 9.22. The van der Waals surface area contributed by atoms with Crippen LogP contribution >= 0.6 is 0 Å². The first kappa shape index (κ1) is 21.0. The van der Waals surface area contributed by atoms with Crippen molar-refractivity contribution in [3.05, 3.63) is 41.6 Å². The highest BCUT2D eigenvalue weighted by Gasteiger charge is 2.31. The van der Waals surface area contributed by atoms with Gasteiger partial charge in [-0.3, -0.25) is 9.59 Å². The number of likely N-dealkylation sites (N-methyl/N-ethyl adjacent to an activating group) is 1. The predicted octanol–water partition coefficient (Wildman–Crippen LogP) is 2.57. The quantitative estimate of drug-likeness (QED) is 0.809. The van der Waals surface area contributed by atoms with E-state index in [1.807, 2.05) is 49.9 Å². The minimum absolute atomic E-state index is 0.0286. The molecule has 1 saturated heterocycles. The van der Waals surface area contributed by atoms with Gasteiger partial charge in [-0.05, 0) is 19.4 Å². The Morgan fingerprint density at radius 1 is 1.14 bits per heavy atom. The third kappa shape index (κ3) is 5.03. The standard InChI is InChI=1S/C22H30N4O3/c1-5-25-10-12-26(13-11-25)22(28)20(15(2)3)23-21(27)18-14-19(29-24-18)17-8-6-16(4)7-9-17/h6-9,14-15,20H,5,10-13H2,1-4H3,(H,23,27). The molecule has 1 aliphatic heterocycles. The van der Waals surface area contributed by atoms with Crippen molar-refractivity contribution in [2.45, 2.75) is 33.7 Å². The average Bonchev–Trinajstić information content (AvgIpc) is 3.22. The molecule has 0 aliphatic carbocycles. The van der Waals surface area contributed by atoms with E-state index in [1.165, 1.54) is 0 Å². The number of hydrogen-bond acceptors (Lipinski definition) is 5. The molecule has 3 rings (SSSR count). The van der Waals surface area contributed by atoms with Crippen LogP contribution in [0.3, 0.4) is 0 Å². The van der Waals surface area contributed by atoms with Gasteiger partial charge in [-0.1, -0.05) is 55.8 Å². The molecule has 1 atom stereocenters. The van der Waals surface area contributed by atoms with Gasteiger partial charge < -0.3 is 19.6 Å². The molecule has 0 spiro atoms. The fraction of sp³-hybridized carbons (Fsp3) is 0.500. The van der Waals surface area contributed by atoms with Crippen LogP contribution in [0.5, 0.6) is 0 Å². The fourth-order valence-corrected chi connectivity index (χ4v) is 3.45. The zero-order valence-electron chi connectivity index (χ0n) is 17.6. The van der Waals surface area contributed by atoms with Gasteiger partial charge in [0, 0.05) is 37.8 Å². The molecular formula is C22H30N4O3. The van der Waals surface area contributed by atoms with Crippen LogP contribution in [0.4, 0.5) is 0 Å². The van der Waals surface area contributed by atoms with Gasteiger partial charge in [0.25, 0.3) is 5.91 Å². The Morgan fingerprint density at radius 2 is 1.79 bits per heavy atom. The lowest BCUT2D eigenvalue weighted by molar-refractivity contribution is -0.136. The minimum Gasteiger partial charge on any atom is -0.355 e. The van der Waals surface area contributed by atoms with Gasteiger partial charge in [-0.25, -0.2) is 0 Å². The summed E-state index contributed by atoms with van der Waals surface area (Å²) in [6.07, 6.45) is 0. The molecule has 1 aliphatic rings. The first-order valence-corrected chi connectivity index (χ1v) is 10.2. The molecule has 0 radical (unpaired) electrons. The lowest BCUT2D eigenvalue weighted by Gasteiger charge is -2.36. The van der Waals surface area contributed by atoms with E-state index in [0.29, 0.717) is 18.8 Å². The Bertz CT molecular complexity index is 836. The molecule has 1 aromatic carbocycles. The van der Waals surface area contributed by atoms with Crippen molar-refractivity contribution in [1.82, 2.24) is 20.3 Å². The summed E-state index contributed by atoms with van der Waals surface area (Å²) in [4.78, 5) is 29.9. The normalized spacial score (nSPS) is 16.1. The SMILES string of the molecule is CCN1CCN(C(=O)C(NC(=O)c2cc(-c3ccc(C)cc3)on2)C(C)C)CC1. The maximum absolute atomic E-state index is 13.0. The summed E-state index contributed by atoms with van der Waals surface area (Å²) in [7, 11) is 0. The molecule has 1 unspecified atom stereocenters. The summed E-state index contributed by atoms with van der Waals surface area (Å²) in [5.74, 6) is 0.0649. The van der Waals surface area contributed by atoms with Crippen molar-refractivity contribution in [3.8, 4) is 11.3 Å². The van der Waals surface area contributed by atoms with E-state index in [-0.39, 0.29) is 17.5 Å². The van der Waals surface area contributed by atoms with Crippen LogP contribution in [0.25, 0.3) is 11.3 Å². The molecular weight excluding hydrogens is 368 g/mol. The predicted molar refractivity (Wildman–Crippen MR) is 111 cm³/mol. The molecule has 7 heteroatoms. The smallest absolute Gasteiger partial charge is 0.274 e. The second-order valence-corrected chi connectivity index (χ2v) is 7.90. The average molecular weight is 399 g/mol. The van der Waals surface area contributed by atoms with Gasteiger partial charge in [0.15, 0.2) is 11.5 Å². The van der Waals surface area contributed by atoms with E-state index in [0.717, 1.165) is 30.8 Å². The van der Waals surface area contributed by atoms with Crippen molar-refractivity contribution in [3.63, 3.8) is 0 Å². The Morgan fingerprint density at radius 3 is 2.38 bits per heavy atom. The van der Waals surface area contributed by atoms with Crippen LogP contribution < -0.4 is 5.32 Å². The summed E-state index contributed by atoms with van der Waals surface area (Å²) >= 11 is 0. The van der Waals surface area contributed by atoms with Crippen molar-refractivity contribution in [2.75, 3.05) is 32.7 Å². The van der Waals surface area contributed by atoms with E-state index in [1.54, 1.807) is 6.07 Å². The van der Waals surface area contributed by atoms with Gasteiger partial charge in [0.2, 0.25) is 5.91 Å². The number of carbonyl (C=O) groups excluding carboxylic acids is 2. The number of piperazine rings is 1. The minimum atomic E-state index is -0.588. The molecule has 1 aromatic heterocycles. The lowest BCUT2D eigenvalue weighted by Crippen LogP contribution is -2.56. The largest absolute Gasteiger partial charge is 0.355 e. The lowest BCUT2D eigenvalue weighted by atomic mass is 10.0. The number of benzene rings is 1. The summed E-state index contributed by atoms with van der Waals surface area (Å²) < 4.78 is 5.34. The van der Waals surface area contributed by atoms with Crippen LogP contribution in [0.2, 0.25) is 0 Å². The van der Waals surface area contributed by atoms with Crippen molar-refractivity contribution in [1.29, 1.82) is 0 Å². The maximum atomic E-state index is 13.0. The van der Waals surface area contributed by atoms with E-state index >= 15 is 0 Å². The number of amides is 2. The molecule has 156 valence electrons. The van der Waals surface area contributed by atoms with Crippen LogP contribution in [0.15, 0.2) is 34.9 Å². The van der Waals surface area contributed by atoms with Crippen molar-refractivity contribution in [2.24, 2.45) is 5.92 Å². The Balaban J connectivity index is 1.67. The monoisotopic (exact) mass is 398 g/mol. The summed E-state index contributed by atoms with van der Waals surface area (Å²) in [5.41, 5.74) is 2.17. The number of nitrogens with one attached hydrogen (secondary N) is 1. The number of aromatic nitrogens is 1. The highest BCUT2D eigenvalue weighted by atomic mass is 16.5. The number of rotatable bonds is 6. The molecule has 0 saturated carbocycles. The maximum Gasteiger partial charge on any atom is 0.274 e. The summed E-state index contributed by atoms with van der Waals surface area (Å²) in [6.45, 7) is 12.1. The zero-order chi connectivity index (χ0) is 21.0. The van der Waals surface area contributed by atoms with Gasteiger partial charge >= 0.3 is 0 Å². The highest BCUT2D eigenvalue weighted by molar-refractivity contribution is 5.96. The van der Waals surface area contributed by atoms with Gasteiger partial charge in [-0.2, -0.15) is 0 Å². The first-order valence-electron chi connectivity index (χ1n) is 10.2. The van der Waals surface area contributed by atoms with Crippen LogP contribution in [-0.4, -0.2) is 65.5 Å². The Labute approximate surface area is 172 Å². The van der Waals surface area contributed by atoms with Crippen LogP contribution in [0, 0.1) is 12.8 Å². The van der Waals surface area contributed by atoms with Crippen molar-refractivity contribution < 1.29 is 14.1 Å². The van der Waals surface area contributed by atoms with E-state index in [9.17, 15) is 9.59 Å². The Hall–Kier alpha value is -2.67. The fourth-order valence-electron chi connectivity index (χ4n) is 3.45. The highest BCUT2D eigenvalue weighted by Crippen LogP contribution is 2.21. The third-order valence-electron chi connectivity index (χ3n) is 5.43. The number of hydrogen-bond donors (Lipinski definition) is 1. The molecule has 2 heterocycles. The van der Waals surface area contributed by atoms with Crippen LogP contribution in [-0.2, 0) is 4.79 Å². The second-order valence-electron chi connectivity index (χ2n) is 7.90. The molecule has 2 amide bonds. The van der Waals surface area contributed by atoms with E-state index in [4.69, 9.17) is 4.52 Å². The summed E-state index contributed by atoms with van der Waals surface area (Å²) in [5, 5.41) is 6.76. The molecule has 2 aromatic rings. The van der Waals surface area contributed by atoms with Crippen molar-refractivity contribution >= 4 is 11.8 Å².